The van der Waals surface area contributed by atoms with Gasteiger partial charge in [0.25, 0.3) is 5.91 Å². The molecule has 2 N–H and O–H groups in total. The Morgan fingerprint density at radius 1 is 1.21 bits per heavy atom. The van der Waals surface area contributed by atoms with Crippen LogP contribution in [0.15, 0.2) is 24.3 Å². The third-order valence-corrected chi connectivity index (χ3v) is 4.49. The lowest BCUT2D eigenvalue weighted by Gasteiger charge is -2.20. The number of anilines is 1. The highest BCUT2D eigenvalue weighted by Crippen LogP contribution is 2.21. The van der Waals surface area contributed by atoms with E-state index in [0.29, 0.717) is 6.54 Å². The van der Waals surface area contributed by atoms with Gasteiger partial charge in [0.2, 0.25) is 5.91 Å². The van der Waals surface area contributed by atoms with Gasteiger partial charge < -0.3 is 15.1 Å². The Balaban J connectivity index is 1.53. The van der Waals surface area contributed by atoms with Crippen molar-refractivity contribution < 1.29 is 14.4 Å². The number of hydrogen-bond acceptors (Lipinski definition) is 4. The smallest absolute Gasteiger partial charge is 0.322 e. The van der Waals surface area contributed by atoms with E-state index in [1.807, 2.05) is 12.1 Å². The van der Waals surface area contributed by atoms with Crippen molar-refractivity contribution in [3.05, 3.63) is 29.8 Å². The van der Waals surface area contributed by atoms with Gasteiger partial charge in [-0.05, 0) is 30.5 Å². The van der Waals surface area contributed by atoms with Crippen LogP contribution in [0.3, 0.4) is 0 Å². The number of nitrogens with one attached hydrogen (secondary N) is 2. The molecule has 4 amide bonds. The number of rotatable bonds is 5. The topological polar surface area (TPSA) is 81.8 Å². The molecule has 0 spiro atoms. The molecule has 1 atom stereocenters. The second kappa shape index (κ2) is 6.90. The molecular weight excluding hydrogens is 308 g/mol. The van der Waals surface area contributed by atoms with Crippen molar-refractivity contribution >= 4 is 23.5 Å². The first-order valence-electron chi connectivity index (χ1n) is 8.22. The summed E-state index contributed by atoms with van der Waals surface area (Å²) < 4.78 is 0. The van der Waals surface area contributed by atoms with Gasteiger partial charge in [-0.1, -0.05) is 12.1 Å². The van der Waals surface area contributed by atoms with Crippen LogP contribution in [0.2, 0.25) is 0 Å². The minimum Gasteiger partial charge on any atom is -0.372 e. The third kappa shape index (κ3) is 3.67. The number of carbonyl (C=O) groups excluding carboxylic acids is 3. The van der Waals surface area contributed by atoms with Crippen molar-refractivity contribution in [3.8, 4) is 0 Å². The molecule has 0 radical (unpaired) electrons. The van der Waals surface area contributed by atoms with Gasteiger partial charge >= 0.3 is 6.03 Å². The molecule has 128 valence electrons. The maximum atomic E-state index is 12.2. The molecule has 3 rings (SSSR count). The highest BCUT2D eigenvalue weighted by atomic mass is 16.2. The van der Waals surface area contributed by atoms with Crippen LogP contribution in [0.4, 0.5) is 10.5 Å². The number of amides is 4. The summed E-state index contributed by atoms with van der Waals surface area (Å²) in [5, 5.41) is 4.57. The van der Waals surface area contributed by atoms with Crippen LogP contribution in [-0.2, 0) is 16.1 Å². The summed E-state index contributed by atoms with van der Waals surface area (Å²) in [6, 6.07) is 6.92. The highest BCUT2D eigenvalue weighted by molar-refractivity contribution is 6.05. The molecule has 0 bridgehead atoms. The van der Waals surface area contributed by atoms with E-state index in [0.717, 1.165) is 18.7 Å². The summed E-state index contributed by atoms with van der Waals surface area (Å²) in [6.07, 6.45) is 2.45. The second-order valence-electron chi connectivity index (χ2n) is 6.33. The fourth-order valence-corrected chi connectivity index (χ4v) is 3.08. The van der Waals surface area contributed by atoms with Crippen LogP contribution in [-0.4, -0.2) is 48.9 Å². The molecule has 2 fully saturated rings. The minimum absolute atomic E-state index is 0.0278. The third-order valence-electron chi connectivity index (χ3n) is 4.49. The first-order valence-corrected chi connectivity index (χ1v) is 8.22. The van der Waals surface area contributed by atoms with Crippen molar-refractivity contribution in [3.63, 3.8) is 0 Å². The van der Waals surface area contributed by atoms with Gasteiger partial charge in [0.15, 0.2) is 0 Å². The van der Waals surface area contributed by atoms with Crippen molar-refractivity contribution in [1.82, 2.24) is 15.5 Å². The predicted molar refractivity (Wildman–Crippen MR) is 89.4 cm³/mol. The van der Waals surface area contributed by atoms with Gasteiger partial charge in [-0.3, -0.25) is 14.9 Å². The Kier molecular flexibility index (Phi) is 4.69. The van der Waals surface area contributed by atoms with E-state index in [1.165, 1.54) is 18.5 Å². The van der Waals surface area contributed by atoms with Crippen LogP contribution in [0, 0.1) is 0 Å². The van der Waals surface area contributed by atoms with Crippen molar-refractivity contribution in [2.45, 2.75) is 31.8 Å². The van der Waals surface area contributed by atoms with Gasteiger partial charge in [0.05, 0.1) is 6.42 Å². The Morgan fingerprint density at radius 2 is 1.88 bits per heavy atom. The van der Waals surface area contributed by atoms with E-state index in [-0.39, 0.29) is 12.3 Å². The first-order chi connectivity index (χ1) is 11.5. The van der Waals surface area contributed by atoms with Crippen LogP contribution < -0.4 is 15.5 Å². The molecule has 1 aromatic rings. The number of imide groups is 1. The van der Waals surface area contributed by atoms with Gasteiger partial charge in [-0.15, -0.1) is 0 Å². The number of hydrogen-bond donors (Lipinski definition) is 2. The van der Waals surface area contributed by atoms with E-state index in [9.17, 15) is 14.4 Å². The first kappa shape index (κ1) is 16.3. The molecule has 7 heteroatoms. The van der Waals surface area contributed by atoms with Crippen molar-refractivity contribution in [2.24, 2.45) is 0 Å². The molecule has 2 aliphatic rings. The summed E-state index contributed by atoms with van der Waals surface area (Å²) >= 11 is 0. The summed E-state index contributed by atoms with van der Waals surface area (Å²) in [5.74, 6) is -0.627. The highest BCUT2D eigenvalue weighted by Gasteiger charge is 2.32. The fraction of sp³-hybridized carbons (Fsp3) is 0.471. The molecule has 7 nitrogen and oxygen atoms in total. The largest absolute Gasteiger partial charge is 0.372 e. The van der Waals surface area contributed by atoms with Crippen molar-refractivity contribution in [1.29, 1.82) is 0 Å². The molecule has 2 aliphatic heterocycles. The number of urea groups is 1. The monoisotopic (exact) mass is 330 g/mol. The second-order valence-corrected chi connectivity index (χ2v) is 6.33. The zero-order valence-corrected chi connectivity index (χ0v) is 13.7. The van der Waals surface area contributed by atoms with Crippen molar-refractivity contribution in [2.75, 3.05) is 25.0 Å². The summed E-state index contributed by atoms with van der Waals surface area (Å²) in [6.45, 7) is 2.68. The maximum Gasteiger partial charge on any atom is 0.322 e. The number of carbonyl (C=O) groups is 3. The molecule has 1 aromatic carbocycles. The molecule has 0 aromatic heterocycles. The number of nitrogens with zero attached hydrogens (tertiary/aromatic N) is 2. The van der Waals surface area contributed by atoms with Crippen LogP contribution >= 0.6 is 0 Å². The predicted octanol–water partition coefficient (Wildman–Crippen LogP) is 0.843. The van der Waals surface area contributed by atoms with E-state index in [1.54, 1.807) is 11.9 Å². The maximum absolute atomic E-state index is 12.2. The lowest BCUT2D eigenvalue weighted by atomic mass is 10.1. The normalized spacial score (nSPS) is 20.0. The van der Waals surface area contributed by atoms with Gasteiger partial charge in [0.1, 0.15) is 6.04 Å². The summed E-state index contributed by atoms with van der Waals surface area (Å²) in [5.41, 5.74) is 2.25. The molecule has 2 saturated heterocycles. The van der Waals surface area contributed by atoms with Crippen LogP contribution in [0.25, 0.3) is 0 Å². The van der Waals surface area contributed by atoms with E-state index in [2.05, 4.69) is 27.7 Å². The Labute approximate surface area is 141 Å². The molecule has 0 unspecified atom stereocenters. The molecule has 2 heterocycles. The summed E-state index contributed by atoms with van der Waals surface area (Å²) in [7, 11) is 1.70. The van der Waals surface area contributed by atoms with E-state index in [4.69, 9.17) is 0 Å². The van der Waals surface area contributed by atoms with Crippen LogP contribution in [0.1, 0.15) is 24.8 Å². The molecule has 0 saturated carbocycles. The Hall–Kier alpha value is -2.57. The summed E-state index contributed by atoms with van der Waals surface area (Å²) in [4.78, 5) is 38.7. The standard InChI is InChI=1S/C17H22N4O3/c1-20(15(22)10-14-16(23)19-17(24)18-14)11-12-4-6-13(7-5-12)21-8-2-3-9-21/h4-7,14H,2-3,8-11H2,1H3,(H2,18,19,23,24)/t14-/m1/s1. The Bertz CT molecular complexity index is 638. The lowest BCUT2D eigenvalue weighted by molar-refractivity contribution is -0.133. The lowest BCUT2D eigenvalue weighted by Crippen LogP contribution is -2.36. The van der Waals surface area contributed by atoms with E-state index >= 15 is 0 Å². The molecule has 24 heavy (non-hydrogen) atoms. The Morgan fingerprint density at radius 3 is 2.46 bits per heavy atom. The van der Waals surface area contributed by atoms with Gasteiger partial charge in [-0.25, -0.2) is 4.79 Å². The van der Waals surface area contributed by atoms with Gasteiger partial charge in [-0.2, -0.15) is 0 Å². The molecule has 0 aliphatic carbocycles. The zero-order chi connectivity index (χ0) is 17.1. The quantitative estimate of drug-likeness (QED) is 0.784. The van der Waals surface area contributed by atoms with E-state index < -0.39 is 18.0 Å². The zero-order valence-electron chi connectivity index (χ0n) is 13.7. The fourth-order valence-electron chi connectivity index (χ4n) is 3.08. The van der Waals surface area contributed by atoms with Crippen LogP contribution in [0.5, 0.6) is 0 Å². The average molecular weight is 330 g/mol. The average Bonchev–Trinajstić information content (AvgIpc) is 3.18. The molecular formula is C17H22N4O3. The number of benzene rings is 1. The minimum atomic E-state index is -0.773. The van der Waals surface area contributed by atoms with Gasteiger partial charge in [0, 0.05) is 32.4 Å². The SMILES string of the molecule is CN(Cc1ccc(N2CCCC2)cc1)C(=O)C[C@H]1NC(=O)NC1=O.